The quantitative estimate of drug-likeness (QED) is 0.665. The third-order valence-electron chi connectivity index (χ3n) is 4.20. The van der Waals surface area contributed by atoms with Crippen molar-refractivity contribution < 1.29 is 9.90 Å². The summed E-state index contributed by atoms with van der Waals surface area (Å²) in [6.07, 6.45) is 10.9. The van der Waals surface area contributed by atoms with Gasteiger partial charge < -0.3 is 20.7 Å². The van der Waals surface area contributed by atoms with Crippen LogP contribution in [0.1, 0.15) is 60.6 Å². The average Bonchev–Trinajstić information content (AvgIpc) is 2.85. The second kappa shape index (κ2) is 4.98. The van der Waals surface area contributed by atoms with Crippen molar-refractivity contribution >= 4 is 12.0 Å². The molecule has 1 aromatic heterocycles. The van der Waals surface area contributed by atoms with Gasteiger partial charge in [0.2, 0.25) is 0 Å². The molecular weight excluding hydrogens is 254 g/mol. The van der Waals surface area contributed by atoms with E-state index in [1.807, 2.05) is 6.08 Å². The third kappa shape index (κ3) is 2.33. The smallest absolute Gasteiger partial charge is 0.253 e. The SMILES string of the molecule is CC1(O)NC=Cc2[nH]cc(C(=O)NC3CCCCC3)c21. The molecule has 0 bridgehead atoms. The fraction of sp³-hybridized carbons (Fsp3) is 0.533. The molecule has 1 amide bonds. The molecule has 1 saturated carbocycles. The number of rotatable bonds is 2. The van der Waals surface area contributed by atoms with Crippen LogP contribution >= 0.6 is 0 Å². The van der Waals surface area contributed by atoms with E-state index >= 15 is 0 Å². The molecule has 0 saturated heterocycles. The largest absolute Gasteiger partial charge is 0.367 e. The molecule has 20 heavy (non-hydrogen) atoms. The maximum absolute atomic E-state index is 12.4. The van der Waals surface area contributed by atoms with Crippen LogP contribution in [0.15, 0.2) is 12.4 Å². The van der Waals surface area contributed by atoms with Crippen LogP contribution in [0.4, 0.5) is 0 Å². The highest BCUT2D eigenvalue weighted by Crippen LogP contribution is 2.30. The van der Waals surface area contributed by atoms with Gasteiger partial charge in [-0.1, -0.05) is 19.3 Å². The lowest BCUT2D eigenvalue weighted by atomic mass is 9.94. The highest BCUT2D eigenvalue weighted by Gasteiger charge is 2.33. The van der Waals surface area contributed by atoms with Crippen LogP contribution in [0.5, 0.6) is 0 Å². The lowest BCUT2D eigenvalue weighted by Crippen LogP contribution is -2.41. The lowest BCUT2D eigenvalue weighted by Gasteiger charge is -2.29. The number of nitrogens with one attached hydrogen (secondary N) is 3. The number of carbonyl (C=O) groups excluding carboxylic acids is 1. The molecule has 108 valence electrons. The van der Waals surface area contributed by atoms with Gasteiger partial charge in [-0.05, 0) is 25.8 Å². The molecule has 1 unspecified atom stereocenters. The van der Waals surface area contributed by atoms with Gasteiger partial charge >= 0.3 is 0 Å². The van der Waals surface area contributed by atoms with Crippen molar-refractivity contribution in [3.05, 3.63) is 29.2 Å². The molecular formula is C15H21N3O2. The highest BCUT2D eigenvalue weighted by atomic mass is 16.3. The molecule has 1 atom stereocenters. The number of hydrogen-bond acceptors (Lipinski definition) is 3. The Balaban J connectivity index is 1.82. The van der Waals surface area contributed by atoms with Gasteiger partial charge in [-0.3, -0.25) is 4.79 Å². The van der Waals surface area contributed by atoms with Crippen molar-refractivity contribution in [3.63, 3.8) is 0 Å². The standard InChI is InChI=1S/C15H21N3O2/c1-15(20)13-11(9-16-12(13)7-8-17-15)14(19)18-10-5-3-2-4-6-10/h7-10,16-17,20H,2-6H2,1H3,(H,18,19). The zero-order valence-corrected chi connectivity index (χ0v) is 11.7. The average molecular weight is 275 g/mol. The number of hydrogen-bond donors (Lipinski definition) is 4. The van der Waals surface area contributed by atoms with E-state index in [-0.39, 0.29) is 11.9 Å². The summed E-state index contributed by atoms with van der Waals surface area (Å²) < 4.78 is 0. The lowest BCUT2D eigenvalue weighted by molar-refractivity contribution is 0.0320. The first-order valence-corrected chi connectivity index (χ1v) is 7.27. The Morgan fingerprint density at radius 2 is 2.15 bits per heavy atom. The molecule has 2 aliphatic rings. The maximum atomic E-state index is 12.4. The summed E-state index contributed by atoms with van der Waals surface area (Å²) in [6.45, 7) is 1.65. The van der Waals surface area contributed by atoms with E-state index in [4.69, 9.17) is 0 Å². The van der Waals surface area contributed by atoms with Crippen molar-refractivity contribution in [2.45, 2.75) is 50.8 Å². The Morgan fingerprint density at radius 3 is 2.90 bits per heavy atom. The Bertz CT molecular complexity index is 539. The fourth-order valence-corrected chi connectivity index (χ4v) is 3.14. The predicted molar refractivity (Wildman–Crippen MR) is 76.9 cm³/mol. The van der Waals surface area contributed by atoms with Gasteiger partial charge in [0.1, 0.15) is 0 Å². The first-order chi connectivity index (χ1) is 9.58. The minimum Gasteiger partial charge on any atom is -0.367 e. The molecule has 1 aliphatic heterocycles. The van der Waals surface area contributed by atoms with Crippen LogP contribution in [0.25, 0.3) is 6.08 Å². The Labute approximate surface area is 118 Å². The van der Waals surface area contributed by atoms with Crippen LogP contribution in [-0.2, 0) is 5.72 Å². The summed E-state index contributed by atoms with van der Waals surface area (Å²) >= 11 is 0. The summed E-state index contributed by atoms with van der Waals surface area (Å²) in [6, 6.07) is 0.263. The predicted octanol–water partition coefficient (Wildman–Crippen LogP) is 1.82. The number of fused-ring (bicyclic) bond motifs is 1. The fourth-order valence-electron chi connectivity index (χ4n) is 3.14. The molecule has 0 radical (unpaired) electrons. The minimum absolute atomic E-state index is 0.105. The van der Waals surface area contributed by atoms with Crippen molar-refractivity contribution in [2.24, 2.45) is 0 Å². The van der Waals surface area contributed by atoms with Crippen molar-refractivity contribution in [1.82, 2.24) is 15.6 Å². The number of carbonyl (C=O) groups is 1. The van der Waals surface area contributed by atoms with Crippen LogP contribution < -0.4 is 10.6 Å². The van der Waals surface area contributed by atoms with Gasteiger partial charge in [0, 0.05) is 29.7 Å². The summed E-state index contributed by atoms with van der Waals surface area (Å²) in [7, 11) is 0. The summed E-state index contributed by atoms with van der Waals surface area (Å²) in [5.74, 6) is -0.105. The highest BCUT2D eigenvalue weighted by molar-refractivity contribution is 5.97. The summed E-state index contributed by atoms with van der Waals surface area (Å²) in [5.41, 5.74) is 0.701. The number of H-pyrrole nitrogens is 1. The molecule has 5 heteroatoms. The topological polar surface area (TPSA) is 77.2 Å². The van der Waals surface area contributed by atoms with Crippen molar-refractivity contribution in [2.75, 3.05) is 0 Å². The Morgan fingerprint density at radius 1 is 1.40 bits per heavy atom. The van der Waals surface area contributed by atoms with Gasteiger partial charge in [-0.25, -0.2) is 0 Å². The van der Waals surface area contributed by atoms with Gasteiger partial charge in [0.15, 0.2) is 5.72 Å². The first kappa shape index (κ1) is 13.2. The monoisotopic (exact) mass is 275 g/mol. The second-order valence-electron chi connectivity index (χ2n) is 5.85. The van der Waals surface area contributed by atoms with E-state index in [1.165, 1.54) is 19.3 Å². The van der Waals surface area contributed by atoms with Gasteiger partial charge in [-0.2, -0.15) is 0 Å². The molecule has 1 aromatic rings. The van der Waals surface area contributed by atoms with Crippen LogP contribution in [0, 0.1) is 0 Å². The van der Waals surface area contributed by atoms with Crippen molar-refractivity contribution in [1.29, 1.82) is 0 Å². The molecule has 0 spiro atoms. The van der Waals surface area contributed by atoms with E-state index in [0.717, 1.165) is 18.5 Å². The second-order valence-corrected chi connectivity index (χ2v) is 5.85. The summed E-state index contributed by atoms with van der Waals surface area (Å²) in [4.78, 5) is 15.5. The van der Waals surface area contributed by atoms with E-state index < -0.39 is 5.72 Å². The minimum atomic E-state index is -1.22. The van der Waals surface area contributed by atoms with Gasteiger partial charge in [0.05, 0.1) is 5.56 Å². The Hall–Kier alpha value is -1.75. The van der Waals surface area contributed by atoms with E-state index in [1.54, 1.807) is 19.3 Å². The summed E-state index contributed by atoms with van der Waals surface area (Å²) in [5, 5.41) is 16.4. The van der Waals surface area contributed by atoms with E-state index in [0.29, 0.717) is 11.1 Å². The van der Waals surface area contributed by atoms with Crippen LogP contribution in [0.2, 0.25) is 0 Å². The van der Waals surface area contributed by atoms with Crippen molar-refractivity contribution in [3.8, 4) is 0 Å². The zero-order valence-electron chi connectivity index (χ0n) is 11.7. The molecule has 2 heterocycles. The molecule has 3 rings (SSSR count). The molecule has 5 nitrogen and oxygen atoms in total. The number of aromatic amines is 1. The molecule has 1 aliphatic carbocycles. The van der Waals surface area contributed by atoms with Crippen LogP contribution in [-0.4, -0.2) is 22.0 Å². The number of aliphatic hydroxyl groups is 1. The number of aromatic nitrogens is 1. The maximum Gasteiger partial charge on any atom is 0.253 e. The molecule has 0 aromatic carbocycles. The first-order valence-electron chi connectivity index (χ1n) is 7.27. The van der Waals surface area contributed by atoms with E-state index in [9.17, 15) is 9.90 Å². The normalized spacial score (nSPS) is 25.9. The van der Waals surface area contributed by atoms with E-state index in [2.05, 4.69) is 15.6 Å². The van der Waals surface area contributed by atoms with Gasteiger partial charge in [-0.15, -0.1) is 0 Å². The zero-order chi connectivity index (χ0) is 14.2. The number of amides is 1. The molecule has 4 N–H and O–H groups in total. The third-order valence-corrected chi connectivity index (χ3v) is 4.20. The molecule has 1 fully saturated rings. The van der Waals surface area contributed by atoms with Gasteiger partial charge in [0.25, 0.3) is 5.91 Å². The Kier molecular flexibility index (Phi) is 3.30. The van der Waals surface area contributed by atoms with Crippen LogP contribution in [0.3, 0.4) is 0 Å².